The molecule has 0 fully saturated rings. The number of carbonyl (C=O) groups is 1. The zero-order valence-electron chi connectivity index (χ0n) is 8.80. The number of carboxylic acid groups (broad SMARTS) is 1. The topological polar surface area (TPSA) is 40.1 Å². The number of hydrogen-bond acceptors (Lipinski definition) is 2. The molecule has 0 spiro atoms. The molecule has 0 atom stereocenters. The van der Waals surface area contributed by atoms with Gasteiger partial charge in [0.25, 0.3) is 0 Å². The lowest BCUT2D eigenvalue weighted by Crippen LogP contribution is -2.22. The van der Waals surface area contributed by atoms with Crippen molar-refractivity contribution in [1.82, 2.24) is 0 Å². The van der Waals surface area contributed by atoms with Crippen molar-refractivity contribution in [3.63, 3.8) is 0 Å². The van der Waals surface area contributed by atoms with Crippen LogP contribution in [-0.2, 0) is 4.79 Å². The first-order valence-corrected chi connectivity index (χ1v) is 4.99. The second-order valence-electron chi connectivity index (χ2n) is 3.43. The minimum Gasteiger partial charge on any atom is -0.545 e. The van der Waals surface area contributed by atoms with Crippen molar-refractivity contribution < 1.29 is 9.90 Å². The Balaban J connectivity index is 3.76. The summed E-state index contributed by atoms with van der Waals surface area (Å²) in [5, 5.41) is 10.3. The largest absolute Gasteiger partial charge is 0.545 e. The van der Waals surface area contributed by atoms with Gasteiger partial charge in [0.2, 0.25) is 0 Å². The number of rotatable bonds is 6. The van der Waals surface area contributed by atoms with Gasteiger partial charge in [-0.05, 0) is 31.3 Å². The fraction of sp³-hybridized carbons (Fsp3) is 0.727. The summed E-state index contributed by atoms with van der Waals surface area (Å²) < 4.78 is 0. The first-order valence-electron chi connectivity index (χ1n) is 4.99. The van der Waals surface area contributed by atoms with Crippen LogP contribution in [0.4, 0.5) is 0 Å². The minimum atomic E-state index is -1.05. The second-order valence-corrected chi connectivity index (χ2v) is 3.43. The molecule has 0 N–H and O–H groups in total. The minimum absolute atomic E-state index is 0.353. The summed E-state index contributed by atoms with van der Waals surface area (Å²) in [6, 6.07) is 0. The Morgan fingerprint density at radius 3 is 2.31 bits per heavy atom. The van der Waals surface area contributed by atoms with Crippen LogP contribution < -0.4 is 5.11 Å². The Kier molecular flexibility index (Phi) is 6.29. The molecule has 76 valence electrons. The van der Waals surface area contributed by atoms with Crippen LogP contribution in [0.15, 0.2) is 11.6 Å². The third-order valence-corrected chi connectivity index (χ3v) is 2.50. The lowest BCUT2D eigenvalue weighted by molar-refractivity contribution is -0.299. The molecule has 0 saturated carbocycles. The van der Waals surface area contributed by atoms with Crippen LogP contribution in [0.3, 0.4) is 0 Å². The molecule has 0 unspecified atom stereocenters. The van der Waals surface area contributed by atoms with E-state index in [0.717, 1.165) is 18.8 Å². The van der Waals surface area contributed by atoms with Gasteiger partial charge in [-0.15, -0.1) is 0 Å². The van der Waals surface area contributed by atoms with E-state index >= 15 is 0 Å². The van der Waals surface area contributed by atoms with E-state index in [0.29, 0.717) is 5.57 Å². The maximum atomic E-state index is 10.3. The number of carbonyl (C=O) groups excluding carboxylic acids is 1. The summed E-state index contributed by atoms with van der Waals surface area (Å²) >= 11 is 0. The molecule has 0 amide bonds. The van der Waals surface area contributed by atoms with E-state index in [2.05, 4.69) is 13.8 Å². The third-order valence-electron chi connectivity index (χ3n) is 2.50. The molecule has 0 aliphatic heterocycles. The van der Waals surface area contributed by atoms with E-state index in [1.807, 2.05) is 0 Å². The highest BCUT2D eigenvalue weighted by Crippen LogP contribution is 2.15. The summed E-state index contributed by atoms with van der Waals surface area (Å²) in [5.74, 6) is -0.324. The van der Waals surface area contributed by atoms with Crippen molar-refractivity contribution in [2.75, 3.05) is 0 Å². The summed E-state index contributed by atoms with van der Waals surface area (Å²) in [5.41, 5.74) is 0.353. The van der Waals surface area contributed by atoms with Gasteiger partial charge in [0, 0.05) is 0 Å². The molecule has 0 radical (unpaired) electrons. The van der Waals surface area contributed by atoms with Gasteiger partial charge in [0.05, 0.1) is 5.97 Å². The van der Waals surface area contributed by atoms with E-state index in [-0.39, 0.29) is 0 Å². The quantitative estimate of drug-likeness (QED) is 0.590. The van der Waals surface area contributed by atoms with Crippen molar-refractivity contribution in [2.45, 2.75) is 46.5 Å². The van der Waals surface area contributed by atoms with E-state index in [4.69, 9.17) is 0 Å². The van der Waals surface area contributed by atoms with E-state index in [1.54, 1.807) is 13.0 Å². The predicted octanol–water partition coefficient (Wildman–Crippen LogP) is 1.90. The van der Waals surface area contributed by atoms with Crippen molar-refractivity contribution in [2.24, 2.45) is 5.92 Å². The summed E-state index contributed by atoms with van der Waals surface area (Å²) in [7, 11) is 0. The monoisotopic (exact) mass is 183 g/mol. The lowest BCUT2D eigenvalue weighted by atomic mass is 9.97. The van der Waals surface area contributed by atoms with E-state index in [9.17, 15) is 9.90 Å². The zero-order chi connectivity index (χ0) is 10.3. The predicted molar refractivity (Wildman–Crippen MR) is 52.1 cm³/mol. The fourth-order valence-corrected chi connectivity index (χ4v) is 1.32. The van der Waals surface area contributed by atoms with Crippen LogP contribution in [-0.4, -0.2) is 5.97 Å². The molecule has 13 heavy (non-hydrogen) atoms. The summed E-state index contributed by atoms with van der Waals surface area (Å²) in [4.78, 5) is 10.3. The summed E-state index contributed by atoms with van der Waals surface area (Å²) in [6.45, 7) is 5.93. The van der Waals surface area contributed by atoms with Gasteiger partial charge in [0.15, 0.2) is 0 Å². The Labute approximate surface area is 80.7 Å². The lowest BCUT2D eigenvalue weighted by Gasteiger charge is -2.10. The number of aliphatic carboxylic acids is 1. The number of hydrogen-bond donors (Lipinski definition) is 0. The summed E-state index contributed by atoms with van der Waals surface area (Å²) in [6.07, 6.45) is 6.04. The fourth-order valence-electron chi connectivity index (χ4n) is 1.32. The van der Waals surface area contributed by atoms with Crippen LogP contribution in [0.2, 0.25) is 0 Å². The molecule has 0 aliphatic carbocycles. The molecule has 2 heteroatoms. The Morgan fingerprint density at radius 1 is 1.38 bits per heavy atom. The smallest absolute Gasteiger partial charge is 0.0668 e. The van der Waals surface area contributed by atoms with Gasteiger partial charge in [-0.25, -0.2) is 0 Å². The standard InChI is InChI=1S/C11H20O2/c1-4-10(5-2)8-6-7-9(3)11(12)13/h7,10H,4-6,8H2,1-3H3,(H,12,13)/p-1/b9-7+. The number of allylic oxidation sites excluding steroid dienone is 1. The number of carboxylic acids is 1. The van der Waals surface area contributed by atoms with Crippen molar-refractivity contribution in [3.05, 3.63) is 11.6 Å². The van der Waals surface area contributed by atoms with Crippen molar-refractivity contribution in [1.29, 1.82) is 0 Å². The molecule has 0 heterocycles. The molecule has 0 aliphatic rings. The van der Waals surface area contributed by atoms with Gasteiger partial charge < -0.3 is 9.90 Å². The van der Waals surface area contributed by atoms with Crippen molar-refractivity contribution in [3.8, 4) is 0 Å². The average molecular weight is 183 g/mol. The Morgan fingerprint density at radius 2 is 1.92 bits per heavy atom. The molecule has 0 aromatic carbocycles. The van der Waals surface area contributed by atoms with Crippen LogP contribution in [0.5, 0.6) is 0 Å². The Bertz CT molecular complexity index is 179. The van der Waals surface area contributed by atoms with Crippen LogP contribution in [0.1, 0.15) is 46.5 Å². The molecule has 0 rings (SSSR count). The third kappa shape index (κ3) is 5.45. The molecule has 0 bridgehead atoms. The molecule has 2 nitrogen and oxygen atoms in total. The first-order chi connectivity index (χ1) is 6.11. The van der Waals surface area contributed by atoms with Gasteiger partial charge in [-0.2, -0.15) is 0 Å². The molecule has 0 aromatic heterocycles. The SMILES string of the molecule is CCC(CC)CC/C=C(\C)C(=O)[O-]. The molecular weight excluding hydrogens is 164 g/mol. The maximum absolute atomic E-state index is 10.3. The van der Waals surface area contributed by atoms with Crippen LogP contribution in [0.25, 0.3) is 0 Å². The van der Waals surface area contributed by atoms with Gasteiger partial charge in [-0.1, -0.05) is 32.8 Å². The van der Waals surface area contributed by atoms with E-state index < -0.39 is 5.97 Å². The second kappa shape index (κ2) is 6.70. The van der Waals surface area contributed by atoms with Gasteiger partial charge >= 0.3 is 0 Å². The molecular formula is C11H19O2-. The zero-order valence-corrected chi connectivity index (χ0v) is 8.80. The van der Waals surface area contributed by atoms with Gasteiger partial charge in [-0.3, -0.25) is 0 Å². The normalized spacial score (nSPS) is 12.2. The van der Waals surface area contributed by atoms with Crippen LogP contribution in [0, 0.1) is 5.92 Å². The van der Waals surface area contributed by atoms with Crippen LogP contribution >= 0.6 is 0 Å². The van der Waals surface area contributed by atoms with E-state index in [1.165, 1.54) is 12.8 Å². The molecule has 0 aromatic rings. The highest BCUT2D eigenvalue weighted by Gasteiger charge is 2.01. The highest BCUT2D eigenvalue weighted by molar-refractivity contribution is 5.83. The maximum Gasteiger partial charge on any atom is 0.0668 e. The van der Waals surface area contributed by atoms with Crippen molar-refractivity contribution >= 4 is 5.97 Å². The molecule has 0 saturated heterocycles. The highest BCUT2D eigenvalue weighted by atomic mass is 16.4. The Hall–Kier alpha value is -0.790. The average Bonchev–Trinajstić information content (AvgIpc) is 2.12. The van der Waals surface area contributed by atoms with Gasteiger partial charge in [0.1, 0.15) is 0 Å². The first kappa shape index (κ1) is 12.2.